The monoisotopic (exact) mass is 216 g/mol. The maximum atomic E-state index is 11.1. The molecular weight excluding hydrogens is 208 g/mol. The van der Waals surface area contributed by atoms with Crippen molar-refractivity contribution in [1.82, 2.24) is 19.9 Å². The minimum absolute atomic E-state index is 0.301. The third-order valence-corrected chi connectivity index (χ3v) is 1.87. The summed E-state index contributed by atoms with van der Waals surface area (Å²) in [4.78, 5) is 27.1. The van der Waals surface area contributed by atoms with Gasteiger partial charge in [0.25, 0.3) is 0 Å². The van der Waals surface area contributed by atoms with Gasteiger partial charge in [0.05, 0.1) is 18.9 Å². The Balaban J connectivity index is 2.30. The fourth-order valence-corrected chi connectivity index (χ4v) is 1.10. The molecule has 0 amide bonds. The summed E-state index contributed by atoms with van der Waals surface area (Å²) >= 11 is 0. The molecule has 0 saturated carbocycles. The number of methoxy groups -OCH3 is 1. The molecule has 2 heterocycles. The zero-order chi connectivity index (χ0) is 11.4. The molecule has 0 saturated heterocycles. The minimum atomic E-state index is -0.467. The van der Waals surface area contributed by atoms with Crippen molar-refractivity contribution in [2.75, 3.05) is 7.11 Å². The van der Waals surface area contributed by atoms with Crippen LogP contribution >= 0.6 is 0 Å². The van der Waals surface area contributed by atoms with Crippen molar-refractivity contribution >= 4 is 5.97 Å². The van der Waals surface area contributed by atoms with Crippen LogP contribution in [0.4, 0.5) is 0 Å². The molecule has 0 radical (unpaired) electrons. The Morgan fingerprint density at radius 2 is 1.88 bits per heavy atom. The summed E-state index contributed by atoms with van der Waals surface area (Å²) in [7, 11) is 1.30. The first kappa shape index (κ1) is 10.2. The van der Waals surface area contributed by atoms with Crippen LogP contribution in [-0.2, 0) is 4.74 Å². The van der Waals surface area contributed by atoms with Crippen LogP contribution in [0.2, 0.25) is 0 Å². The van der Waals surface area contributed by atoms with Crippen molar-refractivity contribution in [3.05, 3.63) is 36.5 Å². The van der Waals surface area contributed by atoms with Crippen LogP contribution in [0.25, 0.3) is 11.5 Å². The first-order valence-corrected chi connectivity index (χ1v) is 4.48. The smallest absolute Gasteiger partial charge is 0.341 e. The van der Waals surface area contributed by atoms with Gasteiger partial charge in [0.15, 0.2) is 5.82 Å². The Morgan fingerprint density at radius 1 is 1.12 bits per heavy atom. The second kappa shape index (κ2) is 4.43. The van der Waals surface area contributed by atoms with Crippen molar-refractivity contribution < 1.29 is 9.53 Å². The van der Waals surface area contributed by atoms with E-state index >= 15 is 0 Å². The van der Waals surface area contributed by atoms with Crippen LogP contribution < -0.4 is 0 Å². The number of aromatic nitrogens is 4. The average molecular weight is 216 g/mol. The Bertz CT molecular complexity index is 484. The van der Waals surface area contributed by atoms with E-state index in [1.54, 1.807) is 18.6 Å². The van der Waals surface area contributed by atoms with E-state index in [4.69, 9.17) is 0 Å². The highest BCUT2D eigenvalue weighted by molar-refractivity contribution is 5.88. The molecule has 0 aliphatic heterocycles. The lowest BCUT2D eigenvalue weighted by atomic mass is 10.3. The highest BCUT2D eigenvalue weighted by atomic mass is 16.5. The van der Waals surface area contributed by atoms with E-state index in [1.807, 2.05) is 0 Å². The first-order valence-electron chi connectivity index (χ1n) is 4.48. The van der Waals surface area contributed by atoms with Gasteiger partial charge in [-0.15, -0.1) is 0 Å². The van der Waals surface area contributed by atoms with Gasteiger partial charge in [-0.1, -0.05) is 0 Å². The second-order valence-corrected chi connectivity index (χ2v) is 2.88. The minimum Gasteiger partial charge on any atom is -0.465 e. The molecule has 0 unspecified atom stereocenters. The maximum absolute atomic E-state index is 11.1. The van der Waals surface area contributed by atoms with E-state index in [-0.39, 0.29) is 0 Å². The molecule has 0 N–H and O–H groups in total. The van der Waals surface area contributed by atoms with Crippen molar-refractivity contribution in [1.29, 1.82) is 0 Å². The van der Waals surface area contributed by atoms with Gasteiger partial charge in [0, 0.05) is 24.8 Å². The molecular formula is C10H8N4O2. The van der Waals surface area contributed by atoms with Gasteiger partial charge in [-0.05, 0) is 0 Å². The highest BCUT2D eigenvalue weighted by Gasteiger charge is 2.08. The largest absolute Gasteiger partial charge is 0.465 e. The summed E-state index contributed by atoms with van der Waals surface area (Å²) in [5.41, 5.74) is 0.856. The summed E-state index contributed by atoms with van der Waals surface area (Å²) in [5.74, 6) is -0.0496. The number of carbonyl (C=O) groups is 1. The van der Waals surface area contributed by atoms with Crippen LogP contribution in [0.3, 0.4) is 0 Å². The summed E-state index contributed by atoms with van der Waals surface area (Å²) in [6.45, 7) is 0. The van der Waals surface area contributed by atoms with Crippen molar-refractivity contribution in [3.63, 3.8) is 0 Å². The van der Waals surface area contributed by atoms with Gasteiger partial charge in [0.1, 0.15) is 5.69 Å². The molecule has 0 atom stereocenters. The summed E-state index contributed by atoms with van der Waals surface area (Å²) in [5, 5.41) is 0. The molecule has 80 valence electrons. The molecule has 0 aliphatic rings. The van der Waals surface area contributed by atoms with E-state index in [1.165, 1.54) is 19.5 Å². The zero-order valence-corrected chi connectivity index (χ0v) is 8.49. The third-order valence-electron chi connectivity index (χ3n) is 1.87. The number of hydrogen-bond donors (Lipinski definition) is 0. The molecule has 0 aliphatic carbocycles. The van der Waals surface area contributed by atoms with Crippen LogP contribution in [0, 0.1) is 0 Å². The molecule has 6 heteroatoms. The highest BCUT2D eigenvalue weighted by Crippen LogP contribution is 2.08. The molecule has 6 nitrogen and oxygen atoms in total. The van der Waals surface area contributed by atoms with Gasteiger partial charge < -0.3 is 4.74 Å². The maximum Gasteiger partial charge on any atom is 0.341 e. The van der Waals surface area contributed by atoms with E-state index in [0.717, 1.165) is 0 Å². The molecule has 2 aromatic heterocycles. The van der Waals surface area contributed by atoms with Crippen LogP contribution in [0.5, 0.6) is 0 Å². The first-order chi connectivity index (χ1) is 7.81. The Morgan fingerprint density at radius 3 is 2.44 bits per heavy atom. The van der Waals surface area contributed by atoms with Gasteiger partial charge in [-0.2, -0.15) is 0 Å². The number of rotatable bonds is 2. The number of ether oxygens (including phenoxy) is 1. The van der Waals surface area contributed by atoms with E-state index in [9.17, 15) is 4.79 Å². The normalized spacial score (nSPS) is 9.81. The standard InChI is InChI=1S/C10H8N4O2/c1-16-10(15)7-4-13-9(14-5-7)8-6-11-2-3-12-8/h2-6H,1H3. The fraction of sp³-hybridized carbons (Fsp3) is 0.100. The number of nitrogens with zero attached hydrogens (tertiary/aromatic N) is 4. The Kier molecular flexibility index (Phi) is 2.81. The third kappa shape index (κ3) is 2.00. The Hall–Kier alpha value is -2.37. The number of esters is 1. The quantitative estimate of drug-likeness (QED) is 0.688. The number of hydrogen-bond acceptors (Lipinski definition) is 6. The molecule has 0 spiro atoms. The Labute approximate surface area is 91.4 Å². The predicted octanol–water partition coefficient (Wildman–Crippen LogP) is 0.720. The summed E-state index contributed by atoms with van der Waals surface area (Å²) < 4.78 is 4.53. The van der Waals surface area contributed by atoms with Crippen molar-refractivity contribution in [2.24, 2.45) is 0 Å². The van der Waals surface area contributed by atoms with E-state index in [2.05, 4.69) is 24.7 Å². The molecule has 0 bridgehead atoms. The van der Waals surface area contributed by atoms with Gasteiger partial charge >= 0.3 is 5.97 Å². The van der Waals surface area contributed by atoms with Gasteiger partial charge in [-0.25, -0.2) is 19.7 Å². The molecule has 0 fully saturated rings. The summed E-state index contributed by atoms with van der Waals surface area (Å²) in [6.07, 6.45) is 7.44. The average Bonchev–Trinajstić information content (AvgIpc) is 2.39. The van der Waals surface area contributed by atoms with Gasteiger partial charge in [-0.3, -0.25) is 4.98 Å². The van der Waals surface area contributed by atoms with Crippen LogP contribution in [0.15, 0.2) is 31.0 Å². The molecule has 2 aromatic rings. The molecule has 16 heavy (non-hydrogen) atoms. The lowest BCUT2D eigenvalue weighted by molar-refractivity contribution is 0.0600. The number of carbonyl (C=O) groups excluding carboxylic acids is 1. The van der Waals surface area contributed by atoms with Gasteiger partial charge in [0.2, 0.25) is 0 Å². The lowest BCUT2D eigenvalue weighted by Gasteiger charge is -1.99. The zero-order valence-electron chi connectivity index (χ0n) is 8.49. The molecule has 2 rings (SSSR count). The van der Waals surface area contributed by atoms with E-state index in [0.29, 0.717) is 17.1 Å². The second-order valence-electron chi connectivity index (χ2n) is 2.88. The summed E-state index contributed by atoms with van der Waals surface area (Å²) in [6, 6.07) is 0. The van der Waals surface area contributed by atoms with Crippen LogP contribution in [-0.4, -0.2) is 33.0 Å². The molecule has 0 aromatic carbocycles. The predicted molar refractivity (Wildman–Crippen MR) is 54.4 cm³/mol. The lowest BCUT2D eigenvalue weighted by Crippen LogP contribution is -2.03. The van der Waals surface area contributed by atoms with Crippen molar-refractivity contribution in [2.45, 2.75) is 0 Å². The fourth-order valence-electron chi connectivity index (χ4n) is 1.10. The SMILES string of the molecule is COC(=O)c1cnc(-c2cnccn2)nc1. The van der Waals surface area contributed by atoms with Crippen molar-refractivity contribution in [3.8, 4) is 11.5 Å². The topological polar surface area (TPSA) is 77.9 Å². The van der Waals surface area contributed by atoms with E-state index < -0.39 is 5.97 Å². The van der Waals surface area contributed by atoms with Crippen LogP contribution in [0.1, 0.15) is 10.4 Å².